The second-order valence-corrected chi connectivity index (χ2v) is 8.87. The van der Waals surface area contributed by atoms with E-state index in [1.54, 1.807) is 13.0 Å². The number of carbonyl (C=O) groups excluding carboxylic acids is 1. The minimum Gasteiger partial charge on any atom is -0.466 e. The predicted molar refractivity (Wildman–Crippen MR) is 143 cm³/mol. The van der Waals surface area contributed by atoms with E-state index < -0.39 is 6.04 Å². The zero-order valence-electron chi connectivity index (χ0n) is 20.8. The summed E-state index contributed by atoms with van der Waals surface area (Å²) in [5.74, 6) is -0.673. The van der Waals surface area contributed by atoms with Crippen molar-refractivity contribution in [3.63, 3.8) is 0 Å². The Morgan fingerprint density at radius 3 is 2.08 bits per heavy atom. The van der Waals surface area contributed by atoms with Crippen molar-refractivity contribution >= 4 is 5.97 Å². The molecule has 0 aliphatic rings. The fourth-order valence-corrected chi connectivity index (χ4v) is 4.63. The number of carbonyl (C=O) groups is 1. The molecule has 0 aromatic heterocycles. The van der Waals surface area contributed by atoms with Gasteiger partial charge in [0.2, 0.25) is 0 Å². The molecule has 0 radical (unpaired) electrons. The highest BCUT2D eigenvalue weighted by Gasteiger charge is 2.31. The Balaban J connectivity index is 1.82. The molecule has 4 aromatic carbocycles. The third-order valence-corrected chi connectivity index (χ3v) is 6.52. The topological polar surface area (TPSA) is 29.5 Å². The molecule has 0 saturated heterocycles. The summed E-state index contributed by atoms with van der Waals surface area (Å²) in [5.41, 5.74) is 4.59. The SMILES string of the molecule is CCOC(=O)C[C@@H](c1cc(-c2ccccc2)ccc1F)N(Cc1ccccc1)[C@H](C)c1ccccc1. The number of rotatable bonds is 10. The van der Waals surface area contributed by atoms with Gasteiger partial charge < -0.3 is 4.74 Å². The summed E-state index contributed by atoms with van der Waals surface area (Å²) in [5, 5.41) is 0. The van der Waals surface area contributed by atoms with E-state index >= 15 is 4.39 Å². The molecular weight excluding hydrogens is 449 g/mol. The van der Waals surface area contributed by atoms with E-state index in [-0.39, 0.29) is 30.9 Å². The maximum absolute atomic E-state index is 15.6. The van der Waals surface area contributed by atoms with Crippen LogP contribution in [0.3, 0.4) is 0 Å². The van der Waals surface area contributed by atoms with Gasteiger partial charge in [0.1, 0.15) is 5.82 Å². The van der Waals surface area contributed by atoms with E-state index in [2.05, 4.69) is 36.1 Å². The Kier molecular flexibility index (Phi) is 8.64. The summed E-state index contributed by atoms with van der Waals surface area (Å²) in [6.45, 7) is 4.73. The number of ether oxygens (including phenoxy) is 1. The van der Waals surface area contributed by atoms with Crippen LogP contribution in [-0.4, -0.2) is 17.5 Å². The molecular formula is C32H32FNO2. The number of benzene rings is 4. The highest BCUT2D eigenvalue weighted by molar-refractivity contribution is 5.71. The number of halogens is 1. The minimum atomic E-state index is -0.525. The van der Waals surface area contributed by atoms with Gasteiger partial charge >= 0.3 is 5.97 Å². The van der Waals surface area contributed by atoms with Crippen LogP contribution in [0.4, 0.5) is 4.39 Å². The zero-order chi connectivity index (χ0) is 25.3. The molecule has 0 amide bonds. The Morgan fingerprint density at radius 1 is 0.833 bits per heavy atom. The molecule has 0 bridgehead atoms. The van der Waals surface area contributed by atoms with Gasteiger partial charge in [-0.3, -0.25) is 9.69 Å². The summed E-state index contributed by atoms with van der Waals surface area (Å²) >= 11 is 0. The van der Waals surface area contributed by atoms with Crippen LogP contribution in [0, 0.1) is 5.82 Å². The third kappa shape index (κ3) is 6.27. The Hall–Kier alpha value is -3.76. The summed E-state index contributed by atoms with van der Waals surface area (Å²) in [6, 6.07) is 34.7. The number of nitrogens with zero attached hydrogens (tertiary/aromatic N) is 1. The zero-order valence-corrected chi connectivity index (χ0v) is 20.8. The lowest BCUT2D eigenvalue weighted by Gasteiger charge is -2.37. The van der Waals surface area contributed by atoms with Gasteiger partial charge in [0.15, 0.2) is 0 Å². The van der Waals surface area contributed by atoms with Gasteiger partial charge in [0.25, 0.3) is 0 Å². The first-order valence-corrected chi connectivity index (χ1v) is 12.4. The van der Waals surface area contributed by atoms with Crippen LogP contribution in [0.5, 0.6) is 0 Å². The Labute approximate surface area is 213 Å². The van der Waals surface area contributed by atoms with Gasteiger partial charge in [0, 0.05) is 24.2 Å². The lowest BCUT2D eigenvalue weighted by atomic mass is 9.93. The molecule has 0 aliphatic heterocycles. The molecule has 0 heterocycles. The molecule has 0 saturated carbocycles. The van der Waals surface area contributed by atoms with Crippen LogP contribution in [0.1, 0.15) is 49.0 Å². The Morgan fingerprint density at radius 2 is 1.44 bits per heavy atom. The van der Waals surface area contributed by atoms with Crippen LogP contribution < -0.4 is 0 Å². The number of esters is 1. The lowest BCUT2D eigenvalue weighted by Crippen LogP contribution is -2.33. The second-order valence-electron chi connectivity index (χ2n) is 8.87. The van der Waals surface area contributed by atoms with Crippen molar-refractivity contribution < 1.29 is 13.9 Å². The van der Waals surface area contributed by atoms with E-state index in [4.69, 9.17) is 4.74 Å². The first-order chi connectivity index (χ1) is 17.6. The molecule has 4 aromatic rings. The summed E-state index contributed by atoms with van der Waals surface area (Å²) in [7, 11) is 0. The van der Waals surface area contributed by atoms with E-state index in [1.807, 2.05) is 72.8 Å². The fourth-order valence-electron chi connectivity index (χ4n) is 4.63. The van der Waals surface area contributed by atoms with Gasteiger partial charge in [-0.15, -0.1) is 0 Å². The van der Waals surface area contributed by atoms with Crippen LogP contribution in [0.15, 0.2) is 109 Å². The molecule has 3 nitrogen and oxygen atoms in total. The van der Waals surface area contributed by atoms with Gasteiger partial charge in [-0.2, -0.15) is 0 Å². The molecule has 36 heavy (non-hydrogen) atoms. The van der Waals surface area contributed by atoms with Crippen molar-refractivity contribution in [3.8, 4) is 11.1 Å². The molecule has 0 N–H and O–H groups in total. The van der Waals surface area contributed by atoms with Crippen LogP contribution in [0.25, 0.3) is 11.1 Å². The maximum Gasteiger partial charge on any atom is 0.307 e. The molecule has 184 valence electrons. The summed E-state index contributed by atoms with van der Waals surface area (Å²) < 4.78 is 20.9. The highest BCUT2D eigenvalue weighted by atomic mass is 19.1. The largest absolute Gasteiger partial charge is 0.466 e. The summed E-state index contributed by atoms with van der Waals surface area (Å²) in [4.78, 5) is 15.0. The average Bonchev–Trinajstić information content (AvgIpc) is 2.92. The molecule has 2 atom stereocenters. The molecule has 4 rings (SSSR count). The van der Waals surface area contributed by atoms with Crippen LogP contribution >= 0.6 is 0 Å². The average molecular weight is 482 g/mol. The molecule has 0 fully saturated rings. The standard InChI is InChI=1S/C32H32FNO2/c1-3-36-32(35)22-31(29-21-28(19-20-30(29)33)27-17-11-6-12-18-27)34(23-25-13-7-4-8-14-25)24(2)26-15-9-5-10-16-26/h4-21,24,31H,3,22-23H2,1-2H3/t24-,31+/m1/s1. The van der Waals surface area contributed by atoms with Crippen molar-refractivity contribution in [1.82, 2.24) is 4.90 Å². The first kappa shape index (κ1) is 25.3. The third-order valence-electron chi connectivity index (χ3n) is 6.52. The van der Waals surface area contributed by atoms with Crippen LogP contribution in [0.2, 0.25) is 0 Å². The smallest absolute Gasteiger partial charge is 0.307 e. The van der Waals surface area contributed by atoms with E-state index in [1.165, 1.54) is 6.07 Å². The normalized spacial score (nSPS) is 12.8. The predicted octanol–water partition coefficient (Wildman–Crippen LogP) is 7.75. The fraction of sp³-hybridized carbons (Fsp3) is 0.219. The van der Waals surface area contributed by atoms with Crippen molar-refractivity contribution in [1.29, 1.82) is 0 Å². The highest BCUT2D eigenvalue weighted by Crippen LogP contribution is 2.37. The molecule has 0 aliphatic carbocycles. The number of hydrogen-bond acceptors (Lipinski definition) is 3. The van der Waals surface area contributed by atoms with Crippen LogP contribution in [-0.2, 0) is 16.1 Å². The van der Waals surface area contributed by atoms with Gasteiger partial charge in [0.05, 0.1) is 13.0 Å². The van der Waals surface area contributed by atoms with Gasteiger partial charge in [-0.05, 0) is 48.2 Å². The van der Waals surface area contributed by atoms with Crippen molar-refractivity contribution in [3.05, 3.63) is 132 Å². The minimum absolute atomic E-state index is 0.0486. The summed E-state index contributed by atoms with van der Waals surface area (Å²) in [6.07, 6.45) is 0.0486. The quantitative estimate of drug-likeness (QED) is 0.217. The van der Waals surface area contributed by atoms with E-state index in [9.17, 15) is 4.79 Å². The Bertz CT molecular complexity index is 1250. The van der Waals surface area contributed by atoms with Crippen molar-refractivity contribution in [2.45, 2.75) is 38.9 Å². The van der Waals surface area contributed by atoms with Gasteiger partial charge in [-0.1, -0.05) is 97.1 Å². The molecule has 4 heteroatoms. The second kappa shape index (κ2) is 12.3. The van der Waals surface area contributed by atoms with Crippen molar-refractivity contribution in [2.24, 2.45) is 0 Å². The van der Waals surface area contributed by atoms with Gasteiger partial charge in [-0.25, -0.2) is 4.39 Å². The van der Waals surface area contributed by atoms with E-state index in [0.717, 1.165) is 22.3 Å². The molecule has 0 unspecified atom stereocenters. The van der Waals surface area contributed by atoms with Crippen molar-refractivity contribution in [2.75, 3.05) is 6.61 Å². The molecule has 0 spiro atoms. The monoisotopic (exact) mass is 481 g/mol. The van der Waals surface area contributed by atoms with E-state index in [0.29, 0.717) is 12.1 Å². The lowest BCUT2D eigenvalue weighted by molar-refractivity contribution is -0.145. The number of hydrogen-bond donors (Lipinski definition) is 0. The first-order valence-electron chi connectivity index (χ1n) is 12.4. The maximum atomic E-state index is 15.6.